The number of ether oxygens (including phenoxy) is 1. The van der Waals surface area contributed by atoms with Gasteiger partial charge in [-0.25, -0.2) is 0 Å². The molecule has 0 bridgehead atoms. The van der Waals surface area contributed by atoms with Gasteiger partial charge < -0.3 is 20.9 Å². The lowest BCUT2D eigenvalue weighted by Crippen LogP contribution is -2.42. The van der Waals surface area contributed by atoms with Crippen LogP contribution >= 0.6 is 12.2 Å². The number of rotatable bonds is 4. The number of methoxy groups -OCH3 is 1. The monoisotopic (exact) mass is 384 g/mol. The van der Waals surface area contributed by atoms with Crippen molar-refractivity contribution >= 4 is 24.2 Å². The van der Waals surface area contributed by atoms with Gasteiger partial charge in [-0.15, -0.1) is 0 Å². The summed E-state index contributed by atoms with van der Waals surface area (Å²) in [6.45, 7) is 9.82. The van der Waals surface area contributed by atoms with Gasteiger partial charge >= 0.3 is 0 Å². The fourth-order valence-electron chi connectivity index (χ4n) is 2.65. The molecule has 1 aliphatic heterocycles. The summed E-state index contributed by atoms with van der Waals surface area (Å²) in [5, 5.41) is 10.4. The summed E-state index contributed by atoms with van der Waals surface area (Å²) >= 11 is 4.05. The highest BCUT2D eigenvalue weighted by atomic mass is 32.1. The van der Waals surface area contributed by atoms with Crippen LogP contribution in [0.3, 0.4) is 0 Å². The van der Waals surface area contributed by atoms with E-state index in [4.69, 9.17) is 14.6 Å². The SMILES string of the molecule is COC(C1CCCN1)C(C)C(C)C.Cc1ccccc1.NC=S.O=CO. The maximum atomic E-state index is 8.36. The Labute approximate surface area is 164 Å². The second-order valence-corrected chi connectivity index (χ2v) is 6.67. The van der Waals surface area contributed by atoms with Gasteiger partial charge in [-0.1, -0.05) is 68.9 Å². The van der Waals surface area contributed by atoms with Crippen LogP contribution in [0.2, 0.25) is 0 Å². The van der Waals surface area contributed by atoms with Crippen LogP contribution in [0.5, 0.6) is 0 Å². The largest absolute Gasteiger partial charge is 0.483 e. The van der Waals surface area contributed by atoms with Crippen LogP contribution in [0.25, 0.3) is 0 Å². The molecule has 1 aromatic carbocycles. The minimum absolute atomic E-state index is 0.250. The number of hydrogen-bond donors (Lipinski definition) is 3. The molecule has 3 unspecified atom stereocenters. The summed E-state index contributed by atoms with van der Waals surface area (Å²) in [7, 11) is 1.84. The second kappa shape index (κ2) is 18.3. The Bertz CT molecular complexity index is 430. The van der Waals surface area contributed by atoms with Gasteiger partial charge in [-0.3, -0.25) is 4.79 Å². The first kappa shape index (κ1) is 26.7. The first-order valence-electron chi connectivity index (χ1n) is 8.90. The van der Waals surface area contributed by atoms with Gasteiger partial charge in [0.15, 0.2) is 0 Å². The molecule has 0 radical (unpaired) electrons. The lowest BCUT2D eigenvalue weighted by Gasteiger charge is -2.30. The van der Waals surface area contributed by atoms with Crippen molar-refractivity contribution in [3.8, 4) is 0 Å². The molecule has 0 aromatic heterocycles. The second-order valence-electron chi connectivity index (χ2n) is 6.40. The highest BCUT2D eigenvalue weighted by Crippen LogP contribution is 2.23. The molecule has 0 aliphatic carbocycles. The fourth-order valence-corrected chi connectivity index (χ4v) is 2.65. The van der Waals surface area contributed by atoms with Crippen molar-refractivity contribution in [1.82, 2.24) is 5.32 Å². The number of thiocarbonyl (C=S) groups is 1. The molecule has 6 heteroatoms. The topological polar surface area (TPSA) is 84.6 Å². The van der Waals surface area contributed by atoms with Crippen LogP contribution in [0.15, 0.2) is 30.3 Å². The van der Waals surface area contributed by atoms with Crippen LogP contribution < -0.4 is 11.1 Å². The number of nitrogens with one attached hydrogen (secondary N) is 1. The Morgan fingerprint density at radius 3 is 2.08 bits per heavy atom. The quantitative estimate of drug-likeness (QED) is 0.543. The predicted octanol–water partition coefficient (Wildman–Crippen LogP) is 3.64. The minimum Gasteiger partial charge on any atom is -0.483 e. The number of carboxylic acid groups (broad SMARTS) is 1. The number of benzene rings is 1. The van der Waals surface area contributed by atoms with E-state index in [1.165, 1.54) is 18.4 Å². The third-order valence-corrected chi connectivity index (χ3v) is 4.28. The molecular formula is C20H36N2O3S. The van der Waals surface area contributed by atoms with Crippen LogP contribution in [0.1, 0.15) is 39.2 Å². The normalized spacial score (nSPS) is 17.2. The van der Waals surface area contributed by atoms with E-state index >= 15 is 0 Å². The van der Waals surface area contributed by atoms with Crippen molar-refractivity contribution in [2.45, 2.75) is 52.7 Å². The Balaban J connectivity index is 0. The Morgan fingerprint density at radius 1 is 1.31 bits per heavy atom. The molecule has 0 spiro atoms. The number of hydrogen-bond acceptors (Lipinski definition) is 4. The molecule has 5 nitrogen and oxygen atoms in total. The molecule has 2 rings (SSSR count). The van der Waals surface area contributed by atoms with E-state index in [9.17, 15) is 0 Å². The van der Waals surface area contributed by atoms with E-state index < -0.39 is 0 Å². The third kappa shape index (κ3) is 13.8. The number of nitrogens with two attached hydrogens (primary N) is 1. The first-order valence-corrected chi connectivity index (χ1v) is 9.37. The fraction of sp³-hybridized carbons (Fsp3) is 0.600. The van der Waals surface area contributed by atoms with Gasteiger partial charge in [0, 0.05) is 13.2 Å². The summed E-state index contributed by atoms with van der Waals surface area (Å²) in [5.74, 6) is 1.34. The highest BCUT2D eigenvalue weighted by molar-refractivity contribution is 7.78. The average Bonchev–Trinajstić information content (AvgIpc) is 3.12. The van der Waals surface area contributed by atoms with Gasteiger partial charge in [0.25, 0.3) is 6.47 Å². The lowest BCUT2D eigenvalue weighted by atomic mass is 9.87. The van der Waals surface area contributed by atoms with Crippen molar-refractivity contribution in [2.24, 2.45) is 17.6 Å². The van der Waals surface area contributed by atoms with Crippen molar-refractivity contribution in [3.05, 3.63) is 35.9 Å². The van der Waals surface area contributed by atoms with E-state index in [1.54, 1.807) is 0 Å². The van der Waals surface area contributed by atoms with Crippen molar-refractivity contribution in [2.75, 3.05) is 13.7 Å². The molecule has 150 valence electrons. The molecule has 1 fully saturated rings. The van der Waals surface area contributed by atoms with Gasteiger partial charge in [0.1, 0.15) is 0 Å². The van der Waals surface area contributed by atoms with E-state index in [2.05, 4.69) is 63.1 Å². The molecule has 26 heavy (non-hydrogen) atoms. The molecule has 0 amide bonds. The molecule has 4 N–H and O–H groups in total. The smallest absolute Gasteiger partial charge is 0.290 e. The summed E-state index contributed by atoms with van der Waals surface area (Å²) in [4.78, 5) is 8.36. The lowest BCUT2D eigenvalue weighted by molar-refractivity contribution is -0.122. The Hall–Kier alpha value is -1.50. The molecule has 1 heterocycles. The van der Waals surface area contributed by atoms with Gasteiger partial charge in [-0.05, 0) is 38.1 Å². The summed E-state index contributed by atoms with van der Waals surface area (Å²) in [5.41, 5.74) is 6.94. The molecule has 1 saturated heterocycles. The Morgan fingerprint density at radius 2 is 1.81 bits per heavy atom. The average molecular weight is 385 g/mol. The molecule has 0 saturated carbocycles. The summed E-state index contributed by atoms with van der Waals surface area (Å²) < 4.78 is 5.59. The van der Waals surface area contributed by atoms with Crippen molar-refractivity contribution < 1.29 is 14.6 Å². The minimum atomic E-state index is -0.250. The molecule has 3 atom stereocenters. The van der Waals surface area contributed by atoms with Gasteiger partial charge in [0.2, 0.25) is 0 Å². The molecule has 1 aromatic rings. The van der Waals surface area contributed by atoms with Crippen LogP contribution in [-0.2, 0) is 9.53 Å². The first-order chi connectivity index (χ1) is 12.4. The zero-order valence-electron chi connectivity index (χ0n) is 16.7. The maximum absolute atomic E-state index is 8.36. The Kier molecular flexibility index (Phi) is 18.8. The predicted molar refractivity (Wildman–Crippen MR) is 114 cm³/mol. The summed E-state index contributed by atoms with van der Waals surface area (Å²) in [6, 6.07) is 10.8. The van der Waals surface area contributed by atoms with Crippen molar-refractivity contribution in [3.63, 3.8) is 0 Å². The van der Waals surface area contributed by atoms with Crippen LogP contribution in [0.4, 0.5) is 0 Å². The number of aryl methyl sites for hydroxylation is 1. The van der Waals surface area contributed by atoms with E-state index in [0.717, 1.165) is 12.0 Å². The standard InChI is InChI=1S/C11H23NO.C7H8.CH3NS.CH2O2/c1-8(2)9(3)11(13-4)10-6-5-7-12-10;1-7-5-3-2-4-6-7;2*2-1-3/h8-12H,5-7H2,1-4H3;2-6H,1H3;1H,(H2,2,3);1H,(H,2,3). The van der Waals surface area contributed by atoms with Gasteiger partial charge in [0.05, 0.1) is 11.6 Å². The van der Waals surface area contributed by atoms with E-state index in [0.29, 0.717) is 24.0 Å². The number of carbonyl (C=O) groups is 1. The van der Waals surface area contributed by atoms with E-state index in [1.807, 2.05) is 25.3 Å². The maximum Gasteiger partial charge on any atom is 0.290 e. The zero-order valence-corrected chi connectivity index (χ0v) is 17.5. The zero-order chi connectivity index (χ0) is 20.4. The molecular weight excluding hydrogens is 348 g/mol. The molecule has 1 aliphatic rings. The van der Waals surface area contributed by atoms with Crippen molar-refractivity contribution in [1.29, 1.82) is 0 Å². The van der Waals surface area contributed by atoms with E-state index in [-0.39, 0.29) is 6.47 Å². The third-order valence-electron chi connectivity index (χ3n) is 4.28. The summed E-state index contributed by atoms with van der Waals surface area (Å²) in [6.07, 6.45) is 2.97. The van der Waals surface area contributed by atoms with Crippen LogP contribution in [-0.4, -0.2) is 42.9 Å². The highest BCUT2D eigenvalue weighted by Gasteiger charge is 2.30. The van der Waals surface area contributed by atoms with Crippen LogP contribution in [0, 0.1) is 18.8 Å². The van der Waals surface area contributed by atoms with Gasteiger partial charge in [-0.2, -0.15) is 0 Å².